The van der Waals surface area contributed by atoms with Gasteiger partial charge < -0.3 is 4.74 Å². The fraction of sp³-hybridized carbons (Fsp3) is 0.500. The summed E-state index contributed by atoms with van der Waals surface area (Å²) >= 11 is 5.48. The summed E-state index contributed by atoms with van der Waals surface area (Å²) < 4.78 is 39.0. The highest BCUT2D eigenvalue weighted by atomic mass is 35.5. The second kappa shape index (κ2) is 9.16. The zero-order valence-corrected chi connectivity index (χ0v) is 11.4. The highest BCUT2D eigenvalue weighted by Gasteiger charge is 2.31. The number of hydrogen-bond acceptors (Lipinski definition) is 1. The molecule has 1 rings (SSSR count). The van der Waals surface area contributed by atoms with Crippen LogP contribution >= 0.6 is 11.6 Å². The Kier molecular flexibility index (Phi) is 9.95. The number of halogens is 4. The monoisotopic (exact) mass is 270 g/mol. The summed E-state index contributed by atoms with van der Waals surface area (Å²) in [7, 11) is 0. The van der Waals surface area contributed by atoms with Crippen LogP contribution in [0.5, 0.6) is 5.75 Å². The van der Waals surface area contributed by atoms with Gasteiger partial charge in [0.05, 0.1) is 5.02 Å². The molecule has 0 spiro atoms. The molecule has 0 aliphatic heterocycles. The van der Waals surface area contributed by atoms with Crippen molar-refractivity contribution >= 4 is 11.6 Å². The Morgan fingerprint density at radius 3 is 1.94 bits per heavy atom. The van der Waals surface area contributed by atoms with E-state index in [2.05, 4.69) is 4.74 Å². The van der Waals surface area contributed by atoms with E-state index in [1.54, 1.807) is 13.0 Å². The zero-order chi connectivity index (χ0) is 14.1. The predicted octanol–water partition coefficient (Wildman–Crippen LogP) is 5.60. The molecule has 1 aromatic carbocycles. The second-order valence-electron chi connectivity index (χ2n) is 2.48. The molecule has 0 unspecified atom stereocenters. The van der Waals surface area contributed by atoms with E-state index in [0.29, 0.717) is 5.56 Å². The summed E-state index contributed by atoms with van der Waals surface area (Å²) in [6.07, 6.45) is -4.70. The molecule has 0 aliphatic carbocycles. The summed E-state index contributed by atoms with van der Waals surface area (Å²) in [5, 5.41) is -0.0528. The molecule has 100 valence electrons. The van der Waals surface area contributed by atoms with E-state index in [0.717, 1.165) is 0 Å². The molecule has 1 nitrogen and oxygen atoms in total. The maximum absolute atomic E-state index is 11.8. The van der Waals surface area contributed by atoms with Crippen molar-refractivity contribution in [2.45, 2.75) is 41.0 Å². The van der Waals surface area contributed by atoms with Gasteiger partial charge in [0.25, 0.3) is 0 Å². The first-order valence-corrected chi connectivity index (χ1v) is 5.78. The van der Waals surface area contributed by atoms with Crippen LogP contribution in [0.15, 0.2) is 18.2 Å². The standard InChI is InChI=1S/C8H6ClF3O.2C2H6/c1-5-2-3-6(9)7(4-5)13-8(10,11)12;2*1-2/h2-4H,1H3;2*1-2H3. The minimum absolute atomic E-state index is 0.0528. The summed E-state index contributed by atoms with van der Waals surface area (Å²) in [6, 6.07) is 4.19. The molecular formula is C12H18ClF3O. The molecule has 0 saturated carbocycles. The first-order chi connectivity index (χ1) is 7.88. The number of benzene rings is 1. The number of alkyl halides is 3. The zero-order valence-electron chi connectivity index (χ0n) is 10.7. The van der Waals surface area contributed by atoms with E-state index in [-0.39, 0.29) is 10.8 Å². The van der Waals surface area contributed by atoms with E-state index < -0.39 is 6.36 Å². The number of aryl methyl sites for hydroxylation is 1. The number of hydrogen-bond donors (Lipinski definition) is 0. The van der Waals surface area contributed by atoms with E-state index in [4.69, 9.17) is 11.6 Å². The summed E-state index contributed by atoms with van der Waals surface area (Å²) in [5.74, 6) is -0.367. The maximum Gasteiger partial charge on any atom is 0.573 e. The van der Waals surface area contributed by atoms with Crippen molar-refractivity contribution in [3.8, 4) is 5.75 Å². The fourth-order valence-electron chi connectivity index (χ4n) is 0.813. The summed E-state index contributed by atoms with van der Waals surface area (Å²) in [4.78, 5) is 0. The third-order valence-corrected chi connectivity index (χ3v) is 1.62. The molecule has 0 aliphatic rings. The summed E-state index contributed by atoms with van der Waals surface area (Å²) in [6.45, 7) is 9.65. The lowest BCUT2D eigenvalue weighted by Gasteiger charge is -2.10. The van der Waals surface area contributed by atoms with E-state index in [1.165, 1.54) is 12.1 Å². The Bertz CT molecular complexity index is 311. The second-order valence-corrected chi connectivity index (χ2v) is 2.89. The lowest BCUT2D eigenvalue weighted by Crippen LogP contribution is -2.17. The summed E-state index contributed by atoms with van der Waals surface area (Å²) in [5.41, 5.74) is 0.656. The van der Waals surface area contributed by atoms with Crippen LogP contribution in [0.3, 0.4) is 0 Å². The Morgan fingerprint density at radius 2 is 1.53 bits per heavy atom. The van der Waals surface area contributed by atoms with Crippen molar-refractivity contribution < 1.29 is 17.9 Å². The molecule has 0 heterocycles. The van der Waals surface area contributed by atoms with Crippen molar-refractivity contribution in [2.75, 3.05) is 0 Å². The molecule has 0 bridgehead atoms. The topological polar surface area (TPSA) is 9.23 Å². The van der Waals surface area contributed by atoms with Gasteiger partial charge in [-0.15, -0.1) is 13.2 Å². The average Bonchev–Trinajstić information content (AvgIpc) is 2.27. The van der Waals surface area contributed by atoms with Gasteiger partial charge in [-0.3, -0.25) is 0 Å². The molecule has 5 heteroatoms. The smallest absolute Gasteiger partial charge is 0.404 e. The molecule has 0 N–H and O–H groups in total. The van der Waals surface area contributed by atoms with Crippen molar-refractivity contribution in [2.24, 2.45) is 0 Å². The molecule has 0 fully saturated rings. The van der Waals surface area contributed by atoms with Crippen LogP contribution in [-0.4, -0.2) is 6.36 Å². The SMILES string of the molecule is CC.CC.Cc1ccc(Cl)c(OC(F)(F)F)c1. The molecule has 0 radical (unpaired) electrons. The number of ether oxygens (including phenoxy) is 1. The van der Waals surface area contributed by atoms with Gasteiger partial charge >= 0.3 is 6.36 Å². The van der Waals surface area contributed by atoms with Gasteiger partial charge in [0.1, 0.15) is 5.75 Å². The van der Waals surface area contributed by atoms with Crippen LogP contribution in [-0.2, 0) is 0 Å². The molecule has 17 heavy (non-hydrogen) atoms. The Labute approximate surface area is 106 Å². The normalized spacial score (nSPS) is 9.47. The highest BCUT2D eigenvalue weighted by Crippen LogP contribution is 2.30. The minimum Gasteiger partial charge on any atom is -0.404 e. The lowest BCUT2D eigenvalue weighted by atomic mass is 10.2. The van der Waals surface area contributed by atoms with Gasteiger partial charge in [0.15, 0.2) is 0 Å². The Balaban J connectivity index is 0. The predicted molar refractivity (Wildman–Crippen MR) is 65.6 cm³/mol. The lowest BCUT2D eigenvalue weighted by molar-refractivity contribution is -0.274. The van der Waals surface area contributed by atoms with Crippen LogP contribution in [0, 0.1) is 6.92 Å². The molecule has 0 amide bonds. The van der Waals surface area contributed by atoms with E-state index >= 15 is 0 Å². The first kappa shape index (κ1) is 18.5. The molecule has 0 saturated heterocycles. The van der Waals surface area contributed by atoms with E-state index in [9.17, 15) is 13.2 Å². The van der Waals surface area contributed by atoms with Gasteiger partial charge in [0.2, 0.25) is 0 Å². The Morgan fingerprint density at radius 1 is 1.06 bits per heavy atom. The van der Waals surface area contributed by atoms with E-state index in [1.807, 2.05) is 27.7 Å². The van der Waals surface area contributed by atoms with Crippen molar-refractivity contribution in [3.63, 3.8) is 0 Å². The fourth-order valence-corrected chi connectivity index (χ4v) is 0.970. The van der Waals surface area contributed by atoms with Crippen molar-refractivity contribution in [3.05, 3.63) is 28.8 Å². The average molecular weight is 271 g/mol. The molecule has 0 atom stereocenters. The van der Waals surface area contributed by atoms with Crippen LogP contribution in [0.25, 0.3) is 0 Å². The van der Waals surface area contributed by atoms with Crippen LogP contribution in [0.1, 0.15) is 33.3 Å². The first-order valence-electron chi connectivity index (χ1n) is 5.40. The van der Waals surface area contributed by atoms with Gasteiger partial charge in [-0.1, -0.05) is 45.4 Å². The van der Waals surface area contributed by atoms with Gasteiger partial charge in [-0.2, -0.15) is 0 Å². The van der Waals surface area contributed by atoms with Gasteiger partial charge in [-0.25, -0.2) is 0 Å². The molecule has 0 aromatic heterocycles. The molecule has 1 aromatic rings. The minimum atomic E-state index is -4.70. The highest BCUT2D eigenvalue weighted by molar-refractivity contribution is 6.32. The number of rotatable bonds is 1. The van der Waals surface area contributed by atoms with Gasteiger partial charge in [0, 0.05) is 0 Å². The quantitative estimate of drug-likeness (QED) is 0.645. The van der Waals surface area contributed by atoms with Gasteiger partial charge in [-0.05, 0) is 24.6 Å². The van der Waals surface area contributed by atoms with Crippen LogP contribution in [0.4, 0.5) is 13.2 Å². The maximum atomic E-state index is 11.8. The largest absolute Gasteiger partial charge is 0.573 e. The molecular weight excluding hydrogens is 253 g/mol. The van der Waals surface area contributed by atoms with Crippen molar-refractivity contribution in [1.82, 2.24) is 0 Å². The Hall–Kier alpha value is -0.900. The van der Waals surface area contributed by atoms with Crippen molar-refractivity contribution in [1.29, 1.82) is 0 Å². The third-order valence-electron chi connectivity index (χ3n) is 1.31. The van der Waals surface area contributed by atoms with Crippen LogP contribution < -0.4 is 4.74 Å². The third kappa shape index (κ3) is 8.86. The van der Waals surface area contributed by atoms with Crippen LogP contribution in [0.2, 0.25) is 5.02 Å².